The number of benzene rings is 1. The fourth-order valence-corrected chi connectivity index (χ4v) is 2.11. The van der Waals surface area contributed by atoms with Crippen LogP contribution in [0.2, 0.25) is 0 Å². The van der Waals surface area contributed by atoms with Gasteiger partial charge in [0.15, 0.2) is 5.13 Å². The van der Waals surface area contributed by atoms with E-state index < -0.39 is 0 Å². The summed E-state index contributed by atoms with van der Waals surface area (Å²) in [6.07, 6.45) is 2.23. The van der Waals surface area contributed by atoms with E-state index >= 15 is 0 Å². The van der Waals surface area contributed by atoms with E-state index in [-0.39, 0.29) is 12.4 Å². The number of halogens is 1. The summed E-state index contributed by atoms with van der Waals surface area (Å²) in [5.41, 5.74) is 6.57. The Morgan fingerprint density at radius 1 is 1.44 bits per heavy atom. The largest absolute Gasteiger partial charge is 0.494 e. The number of anilines is 1. The van der Waals surface area contributed by atoms with Crippen molar-refractivity contribution in [2.75, 3.05) is 12.3 Å². The summed E-state index contributed by atoms with van der Waals surface area (Å²) in [5.74, 6) is 0.902. The van der Waals surface area contributed by atoms with Gasteiger partial charge in [0, 0.05) is 0 Å². The fraction of sp³-hybridized carbons (Fsp3) is 0.364. The highest BCUT2D eigenvalue weighted by molar-refractivity contribution is 7.22. The molecule has 0 aliphatic rings. The van der Waals surface area contributed by atoms with E-state index in [9.17, 15) is 0 Å². The third-order valence-electron chi connectivity index (χ3n) is 2.14. The first kappa shape index (κ1) is 13.1. The second-order valence-electron chi connectivity index (χ2n) is 3.38. The van der Waals surface area contributed by atoms with Crippen molar-refractivity contribution in [3.05, 3.63) is 18.2 Å². The standard InChI is InChI=1S/C11H14N2OS.ClH/c1-2-3-6-14-8-4-5-9-10(7-8)15-11(12)13-9;/h4-5,7H,2-3,6H2,1H3,(H2,12,13);1H. The van der Waals surface area contributed by atoms with Crippen molar-refractivity contribution in [3.8, 4) is 5.75 Å². The van der Waals surface area contributed by atoms with Crippen molar-refractivity contribution in [1.29, 1.82) is 0 Å². The van der Waals surface area contributed by atoms with Crippen molar-refractivity contribution in [3.63, 3.8) is 0 Å². The molecule has 2 N–H and O–H groups in total. The topological polar surface area (TPSA) is 48.1 Å². The molecule has 3 nitrogen and oxygen atoms in total. The third kappa shape index (κ3) is 3.00. The van der Waals surface area contributed by atoms with Crippen LogP contribution >= 0.6 is 23.7 Å². The molecule has 0 aliphatic heterocycles. The Balaban J connectivity index is 0.00000128. The van der Waals surface area contributed by atoms with Crippen LogP contribution in [0, 0.1) is 0 Å². The lowest BCUT2D eigenvalue weighted by molar-refractivity contribution is 0.310. The zero-order valence-corrected chi connectivity index (χ0v) is 10.7. The van der Waals surface area contributed by atoms with Gasteiger partial charge >= 0.3 is 0 Å². The maximum atomic E-state index is 5.63. The Labute approximate surface area is 105 Å². The Hall–Kier alpha value is -1.00. The molecule has 0 saturated heterocycles. The van der Waals surface area contributed by atoms with Gasteiger partial charge in [-0.2, -0.15) is 0 Å². The molecule has 1 heterocycles. The zero-order chi connectivity index (χ0) is 10.7. The minimum atomic E-state index is 0. The summed E-state index contributed by atoms with van der Waals surface area (Å²) >= 11 is 1.49. The Kier molecular flexibility index (Phi) is 4.83. The highest BCUT2D eigenvalue weighted by atomic mass is 35.5. The van der Waals surface area contributed by atoms with Crippen LogP contribution < -0.4 is 10.5 Å². The molecular formula is C11H15ClN2OS. The summed E-state index contributed by atoms with van der Waals surface area (Å²) in [4.78, 5) is 4.19. The Morgan fingerprint density at radius 3 is 3.00 bits per heavy atom. The molecule has 0 unspecified atom stereocenters. The van der Waals surface area contributed by atoms with Crippen molar-refractivity contribution >= 4 is 39.1 Å². The summed E-state index contributed by atoms with van der Waals surface area (Å²) in [5, 5.41) is 0.607. The molecule has 0 bridgehead atoms. The first-order valence-corrected chi connectivity index (χ1v) is 5.90. The molecule has 2 aromatic rings. The van der Waals surface area contributed by atoms with Crippen LogP contribution in [0.4, 0.5) is 5.13 Å². The monoisotopic (exact) mass is 258 g/mol. The van der Waals surface area contributed by atoms with Crippen LogP contribution in [0.3, 0.4) is 0 Å². The predicted molar refractivity (Wildman–Crippen MR) is 71.7 cm³/mol. The SMILES string of the molecule is CCCCOc1ccc2nc(N)sc2c1.Cl. The van der Waals surface area contributed by atoms with Crippen LogP contribution in [0.5, 0.6) is 5.75 Å². The molecule has 0 fully saturated rings. The zero-order valence-electron chi connectivity index (χ0n) is 9.10. The van der Waals surface area contributed by atoms with Crippen LogP contribution in [0.25, 0.3) is 10.2 Å². The number of nitrogens with two attached hydrogens (primary N) is 1. The molecule has 0 atom stereocenters. The second kappa shape index (κ2) is 5.92. The van der Waals surface area contributed by atoms with Gasteiger partial charge in [0.2, 0.25) is 0 Å². The third-order valence-corrected chi connectivity index (χ3v) is 2.99. The number of fused-ring (bicyclic) bond motifs is 1. The maximum absolute atomic E-state index is 5.63. The van der Waals surface area contributed by atoms with E-state index in [0.29, 0.717) is 5.13 Å². The lowest BCUT2D eigenvalue weighted by atomic mass is 10.3. The van der Waals surface area contributed by atoms with Gasteiger partial charge in [-0.3, -0.25) is 0 Å². The van der Waals surface area contributed by atoms with Gasteiger partial charge in [0.1, 0.15) is 5.75 Å². The normalized spacial score (nSPS) is 10.1. The van der Waals surface area contributed by atoms with E-state index in [1.54, 1.807) is 0 Å². The van der Waals surface area contributed by atoms with Gasteiger partial charge < -0.3 is 10.5 Å². The van der Waals surface area contributed by atoms with Crippen molar-refractivity contribution < 1.29 is 4.74 Å². The number of rotatable bonds is 4. The average Bonchev–Trinajstić information content (AvgIpc) is 2.57. The van der Waals surface area contributed by atoms with Crippen LogP contribution in [-0.2, 0) is 0 Å². The van der Waals surface area contributed by atoms with Crippen LogP contribution in [-0.4, -0.2) is 11.6 Å². The van der Waals surface area contributed by atoms with Gasteiger partial charge in [0.05, 0.1) is 16.8 Å². The summed E-state index contributed by atoms with van der Waals surface area (Å²) in [7, 11) is 0. The Morgan fingerprint density at radius 2 is 2.25 bits per heavy atom. The minimum absolute atomic E-state index is 0. The highest BCUT2D eigenvalue weighted by Gasteiger charge is 2.02. The molecule has 16 heavy (non-hydrogen) atoms. The molecular weight excluding hydrogens is 244 g/mol. The number of ether oxygens (including phenoxy) is 1. The smallest absolute Gasteiger partial charge is 0.181 e. The van der Waals surface area contributed by atoms with E-state index in [4.69, 9.17) is 10.5 Å². The number of unbranched alkanes of at least 4 members (excludes halogenated alkanes) is 1. The Bertz CT molecular complexity index is 458. The molecule has 0 aliphatic carbocycles. The first-order valence-electron chi connectivity index (χ1n) is 5.08. The van der Waals surface area contributed by atoms with E-state index in [1.165, 1.54) is 11.3 Å². The van der Waals surface area contributed by atoms with E-state index in [2.05, 4.69) is 11.9 Å². The lowest BCUT2D eigenvalue weighted by Gasteiger charge is -2.04. The number of hydrogen-bond acceptors (Lipinski definition) is 4. The molecule has 0 spiro atoms. The predicted octanol–water partition coefficient (Wildman–Crippen LogP) is 3.48. The molecule has 1 aromatic carbocycles. The number of nitrogens with zero attached hydrogens (tertiary/aromatic N) is 1. The van der Waals surface area contributed by atoms with Crippen molar-refractivity contribution in [1.82, 2.24) is 4.98 Å². The van der Waals surface area contributed by atoms with Gasteiger partial charge in [-0.1, -0.05) is 24.7 Å². The van der Waals surface area contributed by atoms with Crippen LogP contribution in [0.15, 0.2) is 18.2 Å². The molecule has 0 amide bonds. The average molecular weight is 259 g/mol. The highest BCUT2D eigenvalue weighted by Crippen LogP contribution is 2.27. The van der Waals surface area contributed by atoms with E-state index in [1.807, 2.05) is 18.2 Å². The number of nitrogen functional groups attached to an aromatic ring is 1. The molecule has 0 radical (unpaired) electrons. The summed E-state index contributed by atoms with van der Waals surface area (Å²) < 4.78 is 6.69. The minimum Gasteiger partial charge on any atom is -0.494 e. The quantitative estimate of drug-likeness (QED) is 0.854. The number of thiazole rings is 1. The second-order valence-corrected chi connectivity index (χ2v) is 4.45. The van der Waals surface area contributed by atoms with Crippen molar-refractivity contribution in [2.45, 2.75) is 19.8 Å². The summed E-state index contributed by atoms with van der Waals surface area (Å²) in [6.45, 7) is 2.92. The fourth-order valence-electron chi connectivity index (χ4n) is 1.35. The van der Waals surface area contributed by atoms with Gasteiger partial charge in [-0.15, -0.1) is 12.4 Å². The van der Waals surface area contributed by atoms with Gasteiger partial charge in [-0.05, 0) is 24.6 Å². The molecule has 2 rings (SSSR count). The number of aromatic nitrogens is 1. The van der Waals surface area contributed by atoms with Gasteiger partial charge in [-0.25, -0.2) is 4.98 Å². The van der Waals surface area contributed by atoms with Gasteiger partial charge in [0.25, 0.3) is 0 Å². The van der Waals surface area contributed by atoms with Crippen molar-refractivity contribution in [2.24, 2.45) is 0 Å². The maximum Gasteiger partial charge on any atom is 0.181 e. The number of hydrogen-bond donors (Lipinski definition) is 1. The molecule has 0 saturated carbocycles. The molecule has 5 heteroatoms. The summed E-state index contributed by atoms with van der Waals surface area (Å²) in [6, 6.07) is 5.89. The molecule has 1 aromatic heterocycles. The lowest BCUT2D eigenvalue weighted by Crippen LogP contribution is -1.95. The van der Waals surface area contributed by atoms with E-state index in [0.717, 1.165) is 35.4 Å². The van der Waals surface area contributed by atoms with Crippen LogP contribution in [0.1, 0.15) is 19.8 Å². The first-order chi connectivity index (χ1) is 7.29. The molecule has 88 valence electrons.